The summed E-state index contributed by atoms with van der Waals surface area (Å²) >= 11 is 12.4. The Morgan fingerprint density at radius 1 is 0.967 bits per heavy atom. The molecule has 4 rings (SSSR count). The number of rotatable bonds is 3. The van der Waals surface area contributed by atoms with Crippen LogP contribution in [0.1, 0.15) is 33.6 Å². The Morgan fingerprint density at radius 3 is 2.33 bits per heavy atom. The molecule has 1 N–H and O–H groups in total. The summed E-state index contributed by atoms with van der Waals surface area (Å²) in [6, 6.07) is 16.8. The summed E-state index contributed by atoms with van der Waals surface area (Å²) < 4.78 is 0. The minimum absolute atomic E-state index is 0. The third-order valence-electron chi connectivity index (χ3n) is 5.38. The van der Waals surface area contributed by atoms with Gasteiger partial charge in [0.2, 0.25) is 0 Å². The van der Waals surface area contributed by atoms with Crippen molar-refractivity contribution in [2.45, 2.75) is 45.2 Å². The fraction of sp³-hybridized carbons (Fsp3) is 0.375. The highest BCUT2D eigenvalue weighted by atomic mass is 35.5. The van der Waals surface area contributed by atoms with Crippen molar-refractivity contribution >= 4 is 52.2 Å². The van der Waals surface area contributed by atoms with Gasteiger partial charge in [-0.1, -0.05) is 47.5 Å². The van der Waals surface area contributed by atoms with Gasteiger partial charge >= 0.3 is 0 Å². The number of benzene rings is 2. The first-order valence-corrected chi connectivity index (χ1v) is 10.9. The predicted octanol–water partition coefficient (Wildman–Crippen LogP) is 6.99. The van der Waals surface area contributed by atoms with Crippen molar-refractivity contribution in [1.82, 2.24) is 10.3 Å². The summed E-state index contributed by atoms with van der Waals surface area (Å²) in [5.41, 5.74) is 4.30. The molecule has 0 amide bonds. The van der Waals surface area contributed by atoms with E-state index < -0.39 is 0 Å². The van der Waals surface area contributed by atoms with Crippen LogP contribution < -0.4 is 10.2 Å². The average Bonchev–Trinajstić information content (AvgIpc) is 2.69. The molecule has 1 aliphatic rings. The van der Waals surface area contributed by atoms with Crippen LogP contribution in [0.15, 0.2) is 48.5 Å². The van der Waals surface area contributed by atoms with Gasteiger partial charge in [0, 0.05) is 41.3 Å². The molecule has 6 heteroatoms. The van der Waals surface area contributed by atoms with E-state index in [4.69, 9.17) is 28.2 Å². The first-order valence-electron chi connectivity index (χ1n) is 10.2. The zero-order chi connectivity index (χ0) is 20.6. The topological polar surface area (TPSA) is 28.2 Å². The summed E-state index contributed by atoms with van der Waals surface area (Å²) in [5.74, 6) is 0. The highest BCUT2D eigenvalue weighted by Crippen LogP contribution is 2.34. The van der Waals surface area contributed by atoms with Crippen molar-refractivity contribution in [3.8, 4) is 11.3 Å². The molecule has 30 heavy (non-hydrogen) atoms. The number of anilines is 1. The number of hydrogen-bond donors (Lipinski definition) is 1. The maximum atomic E-state index is 6.26. The van der Waals surface area contributed by atoms with E-state index in [2.05, 4.69) is 55.3 Å². The number of fused-ring (bicyclic) bond motifs is 1. The normalized spacial score (nSPS) is 15.3. The first-order chi connectivity index (χ1) is 13.8. The molecule has 2 heterocycles. The highest BCUT2D eigenvalue weighted by molar-refractivity contribution is 6.42. The van der Waals surface area contributed by atoms with E-state index in [1.165, 1.54) is 11.1 Å². The number of pyridine rings is 1. The number of para-hydroxylation sites is 1. The van der Waals surface area contributed by atoms with E-state index in [-0.39, 0.29) is 17.9 Å². The first kappa shape index (κ1) is 23.1. The monoisotopic (exact) mass is 463 g/mol. The van der Waals surface area contributed by atoms with Gasteiger partial charge in [-0.05, 0) is 57.9 Å². The second-order valence-electron chi connectivity index (χ2n) is 8.83. The van der Waals surface area contributed by atoms with Gasteiger partial charge in [0.1, 0.15) is 0 Å². The molecule has 0 unspecified atom stereocenters. The third kappa shape index (κ3) is 5.20. The lowest BCUT2D eigenvalue weighted by atomic mass is 9.98. The van der Waals surface area contributed by atoms with E-state index in [9.17, 15) is 0 Å². The van der Waals surface area contributed by atoms with Crippen molar-refractivity contribution in [2.75, 3.05) is 18.0 Å². The Hall–Kier alpha value is -1.52. The minimum atomic E-state index is 0. The molecular formula is C24H28Cl3N3. The van der Waals surface area contributed by atoms with Crippen molar-refractivity contribution in [3.63, 3.8) is 0 Å². The fourth-order valence-corrected chi connectivity index (χ4v) is 4.40. The molecule has 0 saturated carbocycles. The summed E-state index contributed by atoms with van der Waals surface area (Å²) in [5, 5.41) is 6.05. The predicted molar refractivity (Wildman–Crippen MR) is 133 cm³/mol. The van der Waals surface area contributed by atoms with Gasteiger partial charge < -0.3 is 10.2 Å². The molecule has 3 nitrogen and oxygen atoms in total. The summed E-state index contributed by atoms with van der Waals surface area (Å²) in [6.07, 6.45) is 2.27. The van der Waals surface area contributed by atoms with Gasteiger partial charge in [-0.25, -0.2) is 4.98 Å². The van der Waals surface area contributed by atoms with Gasteiger partial charge in [0.15, 0.2) is 0 Å². The minimum Gasteiger partial charge on any atom is -0.371 e. The molecule has 3 aromatic rings. The smallest absolute Gasteiger partial charge is 0.0730 e. The standard InChI is InChI=1S/C24H27Cl2N3.ClH/c1-24(2,3)28-17-10-12-29(13-11-17)23-15-22(16-8-9-19(25)20(26)14-16)27-21-7-5-4-6-18(21)23;/h4-9,14-15,17,28H,10-13H2,1-3H3;1H. The molecule has 1 fully saturated rings. The van der Waals surface area contributed by atoms with Crippen molar-refractivity contribution in [2.24, 2.45) is 0 Å². The highest BCUT2D eigenvalue weighted by Gasteiger charge is 2.24. The number of aromatic nitrogens is 1. The van der Waals surface area contributed by atoms with Crippen molar-refractivity contribution < 1.29 is 0 Å². The average molecular weight is 465 g/mol. The van der Waals surface area contributed by atoms with E-state index in [1.54, 1.807) is 0 Å². The van der Waals surface area contributed by atoms with E-state index in [0.29, 0.717) is 16.1 Å². The van der Waals surface area contributed by atoms with Crippen LogP contribution in [0.25, 0.3) is 22.2 Å². The Bertz CT molecular complexity index is 1020. The summed E-state index contributed by atoms with van der Waals surface area (Å²) in [7, 11) is 0. The van der Waals surface area contributed by atoms with Gasteiger partial charge in [-0.2, -0.15) is 0 Å². The van der Waals surface area contributed by atoms with Crippen LogP contribution in [-0.2, 0) is 0 Å². The zero-order valence-corrected chi connectivity index (χ0v) is 19.9. The van der Waals surface area contributed by atoms with Crippen molar-refractivity contribution in [3.05, 3.63) is 58.6 Å². The lowest BCUT2D eigenvalue weighted by molar-refractivity contribution is 0.317. The van der Waals surface area contributed by atoms with E-state index in [0.717, 1.165) is 42.7 Å². The molecular weight excluding hydrogens is 437 g/mol. The second kappa shape index (κ2) is 9.32. The fourth-order valence-electron chi connectivity index (χ4n) is 4.10. The number of nitrogens with one attached hydrogen (secondary N) is 1. The van der Waals surface area contributed by atoms with Crippen LogP contribution in [0.5, 0.6) is 0 Å². The molecule has 0 bridgehead atoms. The van der Waals surface area contributed by atoms with Gasteiger partial charge in [-0.3, -0.25) is 0 Å². The number of halogens is 3. The third-order valence-corrected chi connectivity index (χ3v) is 6.12. The molecule has 1 aliphatic heterocycles. The molecule has 160 valence electrons. The molecule has 1 saturated heterocycles. The number of nitrogens with zero attached hydrogens (tertiary/aromatic N) is 2. The van der Waals surface area contributed by atoms with Crippen LogP contribution in [0.4, 0.5) is 5.69 Å². The second-order valence-corrected chi connectivity index (χ2v) is 9.64. The largest absolute Gasteiger partial charge is 0.371 e. The van der Waals surface area contributed by atoms with Crippen LogP contribution >= 0.6 is 35.6 Å². The number of hydrogen-bond acceptors (Lipinski definition) is 3. The maximum absolute atomic E-state index is 6.26. The van der Waals surface area contributed by atoms with E-state index >= 15 is 0 Å². The van der Waals surface area contributed by atoms with Crippen LogP contribution in [0.2, 0.25) is 10.0 Å². The Morgan fingerprint density at radius 2 is 1.67 bits per heavy atom. The molecule has 0 atom stereocenters. The number of piperidine rings is 1. The Balaban J connectivity index is 0.00000256. The zero-order valence-electron chi connectivity index (χ0n) is 17.6. The van der Waals surface area contributed by atoms with Crippen LogP contribution in [-0.4, -0.2) is 29.7 Å². The molecule has 2 aromatic carbocycles. The molecule has 0 radical (unpaired) electrons. The lowest BCUT2D eigenvalue weighted by Crippen LogP contribution is -2.49. The quantitative estimate of drug-likeness (QED) is 0.453. The van der Waals surface area contributed by atoms with Gasteiger partial charge in [0.05, 0.1) is 21.3 Å². The lowest BCUT2D eigenvalue weighted by Gasteiger charge is -2.37. The maximum Gasteiger partial charge on any atom is 0.0730 e. The SMILES string of the molecule is CC(C)(C)NC1CCN(c2cc(-c3ccc(Cl)c(Cl)c3)nc3ccccc23)CC1.Cl. The van der Waals surface area contributed by atoms with E-state index in [1.807, 2.05) is 24.3 Å². The summed E-state index contributed by atoms with van der Waals surface area (Å²) in [6.45, 7) is 8.77. The van der Waals surface area contributed by atoms with Crippen molar-refractivity contribution in [1.29, 1.82) is 0 Å². The van der Waals surface area contributed by atoms with Crippen LogP contribution in [0.3, 0.4) is 0 Å². The Labute approximate surface area is 195 Å². The molecule has 0 spiro atoms. The van der Waals surface area contributed by atoms with Crippen LogP contribution in [0, 0.1) is 0 Å². The molecule has 1 aromatic heterocycles. The molecule has 0 aliphatic carbocycles. The van der Waals surface area contributed by atoms with Gasteiger partial charge in [-0.15, -0.1) is 12.4 Å². The Kier molecular flexibility index (Phi) is 7.19. The van der Waals surface area contributed by atoms with Gasteiger partial charge in [0.25, 0.3) is 0 Å². The summed E-state index contributed by atoms with van der Waals surface area (Å²) in [4.78, 5) is 7.39.